The summed E-state index contributed by atoms with van der Waals surface area (Å²) in [5.41, 5.74) is 9.59. The summed E-state index contributed by atoms with van der Waals surface area (Å²) in [4.78, 5) is 14.4. The van der Waals surface area contributed by atoms with Gasteiger partial charge >= 0.3 is 0 Å². The Labute approximate surface area is 126 Å². The zero-order chi connectivity index (χ0) is 15.0. The highest BCUT2D eigenvalue weighted by atomic mass is 16.2. The van der Waals surface area contributed by atoms with Crippen LogP contribution in [0.3, 0.4) is 0 Å². The zero-order valence-electron chi connectivity index (χ0n) is 12.9. The van der Waals surface area contributed by atoms with Gasteiger partial charge in [0.2, 0.25) is 5.91 Å². The number of fused-ring (bicyclic) bond motifs is 1. The molecule has 2 aliphatic rings. The van der Waals surface area contributed by atoms with Gasteiger partial charge in [0.25, 0.3) is 0 Å². The third kappa shape index (κ3) is 2.77. The fourth-order valence-electron chi connectivity index (χ4n) is 3.88. The molecule has 3 atom stereocenters. The molecule has 114 valence electrons. The van der Waals surface area contributed by atoms with Crippen molar-refractivity contribution in [1.29, 1.82) is 0 Å². The van der Waals surface area contributed by atoms with Crippen LogP contribution in [0.4, 0.5) is 5.69 Å². The van der Waals surface area contributed by atoms with Gasteiger partial charge in [0.1, 0.15) is 0 Å². The number of nitrogens with one attached hydrogen (secondary N) is 1. The number of likely N-dealkylation sites (tertiary alicyclic amines) is 1. The minimum absolute atomic E-state index is 0.194. The molecule has 1 aliphatic heterocycles. The molecule has 1 saturated carbocycles. The van der Waals surface area contributed by atoms with Crippen LogP contribution in [-0.2, 0) is 4.79 Å². The van der Waals surface area contributed by atoms with Crippen LogP contribution in [0.2, 0.25) is 0 Å². The molecule has 0 radical (unpaired) electrons. The lowest BCUT2D eigenvalue weighted by Gasteiger charge is -2.20. The molecule has 1 amide bonds. The topological polar surface area (TPSA) is 58.4 Å². The highest BCUT2D eigenvalue weighted by molar-refractivity contribution is 5.81. The fourth-order valence-corrected chi connectivity index (χ4v) is 3.88. The number of aryl methyl sites for hydroxylation is 2. The standard InChI is InChI=1S/C17H25N3O/c1-11-4-3-5-12(2)17(11)19-8-16(21)20-9-13-6-7-15(18)14(13)10-20/h3-5,13-15,19H,6-10,18H2,1-2H3. The highest BCUT2D eigenvalue weighted by Gasteiger charge is 2.42. The van der Waals surface area contributed by atoms with Gasteiger partial charge in [0.15, 0.2) is 0 Å². The van der Waals surface area contributed by atoms with E-state index in [2.05, 4.69) is 31.3 Å². The number of nitrogens with two attached hydrogens (primary N) is 1. The number of carbonyl (C=O) groups excluding carboxylic acids is 1. The van der Waals surface area contributed by atoms with E-state index in [1.807, 2.05) is 11.0 Å². The van der Waals surface area contributed by atoms with Gasteiger partial charge in [-0.1, -0.05) is 18.2 Å². The molecule has 0 spiro atoms. The average Bonchev–Trinajstić information content (AvgIpc) is 3.01. The smallest absolute Gasteiger partial charge is 0.241 e. The van der Waals surface area contributed by atoms with Crippen LogP contribution >= 0.6 is 0 Å². The number of hydrogen-bond donors (Lipinski definition) is 2. The number of amides is 1. The third-order valence-electron chi connectivity index (χ3n) is 5.16. The molecular formula is C17H25N3O. The molecule has 4 heteroatoms. The van der Waals surface area contributed by atoms with Crippen LogP contribution in [0, 0.1) is 25.7 Å². The van der Waals surface area contributed by atoms with Gasteiger partial charge in [-0.25, -0.2) is 0 Å². The Morgan fingerprint density at radius 1 is 1.29 bits per heavy atom. The Morgan fingerprint density at radius 2 is 2.00 bits per heavy atom. The maximum Gasteiger partial charge on any atom is 0.241 e. The van der Waals surface area contributed by atoms with Crippen LogP contribution in [-0.4, -0.2) is 36.5 Å². The Hall–Kier alpha value is -1.55. The van der Waals surface area contributed by atoms with Gasteiger partial charge in [-0.2, -0.15) is 0 Å². The number of anilines is 1. The van der Waals surface area contributed by atoms with E-state index in [1.165, 1.54) is 17.5 Å². The molecule has 1 aromatic rings. The van der Waals surface area contributed by atoms with Crippen LogP contribution < -0.4 is 11.1 Å². The molecule has 4 nitrogen and oxygen atoms in total. The molecular weight excluding hydrogens is 262 g/mol. The van der Waals surface area contributed by atoms with Crippen LogP contribution in [0.25, 0.3) is 0 Å². The number of benzene rings is 1. The van der Waals surface area contributed by atoms with E-state index in [1.54, 1.807) is 0 Å². The predicted octanol–water partition coefficient (Wildman–Crippen LogP) is 1.91. The van der Waals surface area contributed by atoms with Crippen molar-refractivity contribution in [1.82, 2.24) is 4.90 Å². The van der Waals surface area contributed by atoms with Crippen LogP contribution in [0.5, 0.6) is 0 Å². The van der Waals surface area contributed by atoms with Crippen molar-refractivity contribution in [3.05, 3.63) is 29.3 Å². The maximum atomic E-state index is 12.4. The lowest BCUT2D eigenvalue weighted by atomic mass is 9.98. The lowest BCUT2D eigenvalue weighted by Crippen LogP contribution is -2.36. The molecule has 1 heterocycles. The van der Waals surface area contributed by atoms with E-state index >= 15 is 0 Å². The minimum atomic E-state index is 0.194. The van der Waals surface area contributed by atoms with Crippen molar-refractivity contribution in [2.45, 2.75) is 32.7 Å². The van der Waals surface area contributed by atoms with E-state index in [9.17, 15) is 4.79 Å². The summed E-state index contributed by atoms with van der Waals surface area (Å²) < 4.78 is 0. The summed E-state index contributed by atoms with van der Waals surface area (Å²) in [7, 11) is 0. The summed E-state index contributed by atoms with van der Waals surface area (Å²) in [5.74, 6) is 1.34. The molecule has 0 bridgehead atoms. The number of carbonyl (C=O) groups is 1. The summed E-state index contributed by atoms with van der Waals surface area (Å²) in [6.45, 7) is 6.25. The fraction of sp³-hybridized carbons (Fsp3) is 0.588. The second kappa shape index (κ2) is 5.68. The summed E-state index contributed by atoms with van der Waals surface area (Å²) in [6, 6.07) is 6.47. The van der Waals surface area contributed by atoms with Crippen molar-refractivity contribution < 1.29 is 4.79 Å². The Kier molecular flexibility index (Phi) is 3.89. The van der Waals surface area contributed by atoms with E-state index < -0.39 is 0 Å². The number of rotatable bonds is 3. The number of para-hydroxylation sites is 1. The van der Waals surface area contributed by atoms with E-state index in [-0.39, 0.29) is 5.91 Å². The molecule has 1 aromatic carbocycles. The SMILES string of the molecule is Cc1cccc(C)c1NCC(=O)N1CC2CCC(N)C2C1. The Balaban J connectivity index is 1.58. The second-order valence-corrected chi connectivity index (χ2v) is 6.58. The first-order chi connectivity index (χ1) is 10.1. The Bertz CT molecular complexity index is 523. The first kappa shape index (κ1) is 14.4. The van der Waals surface area contributed by atoms with Crippen molar-refractivity contribution in [3.8, 4) is 0 Å². The van der Waals surface area contributed by atoms with Gasteiger partial charge in [0.05, 0.1) is 6.54 Å². The van der Waals surface area contributed by atoms with E-state index in [0.29, 0.717) is 24.4 Å². The normalized spacial score (nSPS) is 27.8. The summed E-state index contributed by atoms with van der Waals surface area (Å²) in [6.07, 6.45) is 2.30. The maximum absolute atomic E-state index is 12.4. The monoisotopic (exact) mass is 287 g/mol. The summed E-state index contributed by atoms with van der Waals surface area (Å²) >= 11 is 0. The molecule has 3 N–H and O–H groups in total. The molecule has 3 rings (SSSR count). The summed E-state index contributed by atoms with van der Waals surface area (Å²) in [5, 5.41) is 3.31. The number of nitrogens with zero attached hydrogens (tertiary/aromatic N) is 1. The molecule has 2 fully saturated rings. The molecule has 3 unspecified atom stereocenters. The van der Waals surface area contributed by atoms with Crippen molar-refractivity contribution in [3.63, 3.8) is 0 Å². The van der Waals surface area contributed by atoms with Crippen LogP contribution in [0.1, 0.15) is 24.0 Å². The highest BCUT2D eigenvalue weighted by Crippen LogP contribution is 2.37. The second-order valence-electron chi connectivity index (χ2n) is 6.58. The van der Waals surface area contributed by atoms with Gasteiger partial charge in [0, 0.05) is 24.8 Å². The van der Waals surface area contributed by atoms with E-state index in [4.69, 9.17) is 5.73 Å². The Morgan fingerprint density at radius 3 is 2.67 bits per heavy atom. The molecule has 1 aliphatic carbocycles. The van der Waals surface area contributed by atoms with Gasteiger partial charge in [-0.05, 0) is 49.7 Å². The largest absolute Gasteiger partial charge is 0.376 e. The molecule has 0 aromatic heterocycles. The van der Waals surface area contributed by atoms with Gasteiger partial charge in [-0.15, -0.1) is 0 Å². The zero-order valence-corrected chi connectivity index (χ0v) is 12.9. The quantitative estimate of drug-likeness (QED) is 0.893. The van der Waals surface area contributed by atoms with Gasteiger partial charge in [-0.3, -0.25) is 4.79 Å². The first-order valence-electron chi connectivity index (χ1n) is 7.89. The first-order valence-corrected chi connectivity index (χ1v) is 7.89. The predicted molar refractivity (Wildman–Crippen MR) is 85.2 cm³/mol. The van der Waals surface area contributed by atoms with Gasteiger partial charge < -0.3 is 16.0 Å². The minimum Gasteiger partial charge on any atom is -0.376 e. The van der Waals surface area contributed by atoms with Crippen LogP contribution in [0.15, 0.2) is 18.2 Å². The average molecular weight is 287 g/mol. The van der Waals surface area contributed by atoms with Crippen molar-refractivity contribution >= 4 is 11.6 Å². The third-order valence-corrected chi connectivity index (χ3v) is 5.16. The number of hydrogen-bond acceptors (Lipinski definition) is 3. The molecule has 21 heavy (non-hydrogen) atoms. The van der Waals surface area contributed by atoms with Crippen molar-refractivity contribution in [2.24, 2.45) is 17.6 Å². The van der Waals surface area contributed by atoms with E-state index in [0.717, 1.165) is 25.2 Å². The lowest BCUT2D eigenvalue weighted by molar-refractivity contribution is -0.128. The molecule has 1 saturated heterocycles. The van der Waals surface area contributed by atoms with Crippen molar-refractivity contribution in [2.75, 3.05) is 25.0 Å².